The summed E-state index contributed by atoms with van der Waals surface area (Å²) in [5, 5.41) is 0. The van der Waals surface area contributed by atoms with Crippen molar-refractivity contribution in [1.82, 2.24) is 9.97 Å². The minimum atomic E-state index is 0.595. The zero-order valence-corrected chi connectivity index (χ0v) is 10.3. The number of methoxy groups -OCH3 is 1. The van der Waals surface area contributed by atoms with E-state index in [4.69, 9.17) is 9.47 Å². The Hall–Kier alpha value is -1.46. The number of hydrogen-bond acceptors (Lipinski definition) is 5. The number of rotatable bonds is 2. The van der Waals surface area contributed by atoms with E-state index in [2.05, 4.69) is 16.0 Å². The van der Waals surface area contributed by atoms with Crippen LogP contribution in [0.15, 0.2) is 17.8 Å². The lowest BCUT2D eigenvalue weighted by Gasteiger charge is -2.14. The largest absolute Gasteiger partial charge is 0.479 e. The second-order valence-electron chi connectivity index (χ2n) is 3.77. The van der Waals surface area contributed by atoms with Crippen molar-refractivity contribution >= 4 is 27.1 Å². The smallest absolute Gasteiger partial charge is 0.241 e. The molecule has 1 aliphatic heterocycles. The zero-order valence-electron chi connectivity index (χ0n) is 9.47. The molecule has 0 saturated carbocycles. The SMILES string of the molecule is COc1ncc(C2=CCOCC2)c2scnc12. The quantitative estimate of drug-likeness (QED) is 0.819. The molecule has 3 rings (SSSR count). The fourth-order valence-electron chi connectivity index (χ4n) is 1.98. The predicted octanol–water partition coefficient (Wildman–Crippen LogP) is 2.50. The van der Waals surface area contributed by atoms with Gasteiger partial charge in [-0.15, -0.1) is 11.3 Å². The van der Waals surface area contributed by atoms with E-state index in [0.29, 0.717) is 12.5 Å². The first-order valence-corrected chi connectivity index (χ1v) is 6.31. The van der Waals surface area contributed by atoms with E-state index < -0.39 is 0 Å². The van der Waals surface area contributed by atoms with Crippen LogP contribution in [-0.4, -0.2) is 30.3 Å². The van der Waals surface area contributed by atoms with E-state index in [0.717, 1.165) is 28.8 Å². The van der Waals surface area contributed by atoms with Gasteiger partial charge in [0.15, 0.2) is 0 Å². The van der Waals surface area contributed by atoms with E-state index in [1.54, 1.807) is 18.4 Å². The van der Waals surface area contributed by atoms with Gasteiger partial charge >= 0.3 is 0 Å². The summed E-state index contributed by atoms with van der Waals surface area (Å²) in [5.41, 5.74) is 5.13. The highest BCUT2D eigenvalue weighted by molar-refractivity contribution is 7.17. The van der Waals surface area contributed by atoms with Crippen LogP contribution in [0.5, 0.6) is 5.88 Å². The summed E-state index contributed by atoms with van der Waals surface area (Å²) < 4.78 is 11.7. The second-order valence-corrected chi connectivity index (χ2v) is 4.62. The van der Waals surface area contributed by atoms with Gasteiger partial charge in [-0.05, 0) is 12.0 Å². The Morgan fingerprint density at radius 3 is 3.12 bits per heavy atom. The predicted molar refractivity (Wildman–Crippen MR) is 67.4 cm³/mol. The van der Waals surface area contributed by atoms with Crippen molar-refractivity contribution in [3.05, 3.63) is 23.3 Å². The molecule has 3 heterocycles. The van der Waals surface area contributed by atoms with E-state index in [9.17, 15) is 0 Å². The molecule has 0 radical (unpaired) electrons. The molecule has 5 heteroatoms. The number of ether oxygens (including phenoxy) is 2. The maximum Gasteiger partial charge on any atom is 0.241 e. The van der Waals surface area contributed by atoms with Gasteiger partial charge in [0.2, 0.25) is 5.88 Å². The topological polar surface area (TPSA) is 44.2 Å². The standard InChI is InChI=1S/C12H12N2O2S/c1-15-12-10-11(17-7-14-10)9(6-13-12)8-2-4-16-5-3-8/h2,6-7H,3-5H2,1H3. The van der Waals surface area contributed by atoms with Crippen LogP contribution < -0.4 is 4.74 Å². The third-order valence-electron chi connectivity index (χ3n) is 2.83. The number of nitrogens with zero attached hydrogens (tertiary/aromatic N) is 2. The minimum Gasteiger partial charge on any atom is -0.479 e. The minimum absolute atomic E-state index is 0.595. The Bertz CT molecular complexity index is 577. The average Bonchev–Trinajstić information content (AvgIpc) is 2.88. The normalized spacial score (nSPS) is 15.9. The van der Waals surface area contributed by atoms with Gasteiger partial charge < -0.3 is 9.47 Å². The molecule has 88 valence electrons. The lowest BCUT2D eigenvalue weighted by Crippen LogP contribution is -2.04. The van der Waals surface area contributed by atoms with Crippen LogP contribution in [0.1, 0.15) is 12.0 Å². The Morgan fingerprint density at radius 1 is 1.41 bits per heavy atom. The monoisotopic (exact) mass is 248 g/mol. The molecule has 0 fully saturated rings. The second kappa shape index (κ2) is 4.43. The Kier molecular flexibility index (Phi) is 2.78. The molecule has 2 aromatic rings. The molecule has 0 aliphatic carbocycles. The molecule has 0 amide bonds. The Balaban J connectivity index is 2.17. The summed E-state index contributed by atoms with van der Waals surface area (Å²) >= 11 is 1.62. The van der Waals surface area contributed by atoms with Crippen molar-refractivity contribution in [2.75, 3.05) is 20.3 Å². The average molecular weight is 248 g/mol. The van der Waals surface area contributed by atoms with Gasteiger partial charge in [-0.3, -0.25) is 0 Å². The summed E-state index contributed by atoms with van der Waals surface area (Å²) in [6.45, 7) is 1.46. The van der Waals surface area contributed by atoms with Crippen LogP contribution >= 0.6 is 11.3 Å². The number of fused-ring (bicyclic) bond motifs is 1. The molecule has 2 aromatic heterocycles. The highest BCUT2D eigenvalue weighted by Crippen LogP contribution is 2.33. The summed E-state index contributed by atoms with van der Waals surface area (Å²) in [5.74, 6) is 0.595. The Labute approximate surface area is 103 Å². The number of pyridine rings is 1. The maximum absolute atomic E-state index is 5.33. The summed E-state index contributed by atoms with van der Waals surface area (Å²) in [6.07, 6.45) is 4.92. The maximum atomic E-state index is 5.33. The van der Waals surface area contributed by atoms with Crippen molar-refractivity contribution in [3.8, 4) is 5.88 Å². The molecule has 4 nitrogen and oxygen atoms in total. The molecule has 0 aromatic carbocycles. The molecular formula is C12H12N2O2S. The number of thiazole rings is 1. The molecule has 0 N–H and O–H groups in total. The van der Waals surface area contributed by atoms with Crippen molar-refractivity contribution in [2.45, 2.75) is 6.42 Å². The van der Waals surface area contributed by atoms with Crippen molar-refractivity contribution < 1.29 is 9.47 Å². The van der Waals surface area contributed by atoms with Gasteiger partial charge in [0.1, 0.15) is 5.52 Å². The van der Waals surface area contributed by atoms with Crippen LogP contribution in [0.4, 0.5) is 0 Å². The first kappa shape index (κ1) is 10.7. The fourth-order valence-corrected chi connectivity index (χ4v) is 2.81. The molecule has 0 atom stereocenters. The molecule has 0 spiro atoms. The van der Waals surface area contributed by atoms with E-state index in [1.165, 1.54) is 5.57 Å². The first-order valence-electron chi connectivity index (χ1n) is 5.43. The van der Waals surface area contributed by atoms with E-state index >= 15 is 0 Å². The van der Waals surface area contributed by atoms with E-state index in [-0.39, 0.29) is 0 Å². The molecule has 17 heavy (non-hydrogen) atoms. The summed E-state index contributed by atoms with van der Waals surface area (Å²) in [4.78, 5) is 8.63. The van der Waals surface area contributed by atoms with Crippen molar-refractivity contribution in [3.63, 3.8) is 0 Å². The van der Waals surface area contributed by atoms with Gasteiger partial charge in [-0.25, -0.2) is 9.97 Å². The van der Waals surface area contributed by atoms with Crippen LogP contribution in [0.2, 0.25) is 0 Å². The highest BCUT2D eigenvalue weighted by Gasteiger charge is 2.15. The van der Waals surface area contributed by atoms with E-state index in [1.807, 2.05) is 11.7 Å². The number of hydrogen-bond donors (Lipinski definition) is 0. The van der Waals surface area contributed by atoms with Crippen molar-refractivity contribution in [1.29, 1.82) is 0 Å². The lowest BCUT2D eigenvalue weighted by molar-refractivity contribution is 0.161. The molecule has 0 unspecified atom stereocenters. The first-order chi connectivity index (χ1) is 8.40. The zero-order chi connectivity index (χ0) is 11.7. The third kappa shape index (κ3) is 1.81. The highest BCUT2D eigenvalue weighted by atomic mass is 32.1. The van der Waals surface area contributed by atoms with Crippen LogP contribution in [0.25, 0.3) is 15.8 Å². The summed E-state index contributed by atoms with van der Waals surface area (Å²) in [7, 11) is 1.62. The molecule has 0 saturated heterocycles. The third-order valence-corrected chi connectivity index (χ3v) is 3.69. The molecular weight excluding hydrogens is 236 g/mol. The fraction of sp³-hybridized carbons (Fsp3) is 0.333. The Morgan fingerprint density at radius 2 is 2.35 bits per heavy atom. The van der Waals surface area contributed by atoms with Gasteiger partial charge in [0.05, 0.1) is 30.5 Å². The number of aromatic nitrogens is 2. The molecule has 1 aliphatic rings. The van der Waals surface area contributed by atoms with Gasteiger partial charge in [-0.2, -0.15) is 0 Å². The van der Waals surface area contributed by atoms with Gasteiger partial charge in [0.25, 0.3) is 0 Å². The van der Waals surface area contributed by atoms with Crippen LogP contribution in [0, 0.1) is 0 Å². The van der Waals surface area contributed by atoms with Gasteiger partial charge in [0, 0.05) is 11.8 Å². The van der Waals surface area contributed by atoms with Crippen LogP contribution in [0.3, 0.4) is 0 Å². The van der Waals surface area contributed by atoms with Crippen LogP contribution in [-0.2, 0) is 4.74 Å². The molecule has 0 bridgehead atoms. The van der Waals surface area contributed by atoms with Crippen molar-refractivity contribution in [2.24, 2.45) is 0 Å². The lowest BCUT2D eigenvalue weighted by atomic mass is 10.0. The van der Waals surface area contributed by atoms with Gasteiger partial charge in [-0.1, -0.05) is 6.08 Å². The summed E-state index contributed by atoms with van der Waals surface area (Å²) in [6, 6.07) is 0.